The van der Waals surface area contributed by atoms with Crippen molar-refractivity contribution < 1.29 is 22.7 Å². The summed E-state index contributed by atoms with van der Waals surface area (Å²) in [6, 6.07) is 3.98. The number of pyridine rings is 1. The number of likely N-dealkylation sites (N-methyl/N-ethyl adjacent to an activating group) is 1. The van der Waals surface area contributed by atoms with Crippen molar-refractivity contribution >= 4 is 28.6 Å². The van der Waals surface area contributed by atoms with Crippen LogP contribution < -0.4 is 15.8 Å². The van der Waals surface area contributed by atoms with Gasteiger partial charge in [0.1, 0.15) is 10.8 Å². The molecule has 0 spiro atoms. The number of halogens is 3. The molecule has 5 rings (SSSR count). The molecule has 2 aromatic heterocycles. The molecule has 2 aliphatic heterocycles. The second-order valence-corrected chi connectivity index (χ2v) is 11.9. The molecule has 2 saturated heterocycles. The van der Waals surface area contributed by atoms with Crippen LogP contribution in [0.1, 0.15) is 41.9 Å². The number of piperazine rings is 1. The summed E-state index contributed by atoms with van der Waals surface area (Å²) in [5.41, 5.74) is 0.101. The maximum atomic E-state index is 15.8. The van der Waals surface area contributed by atoms with E-state index in [1.165, 1.54) is 30.5 Å². The van der Waals surface area contributed by atoms with E-state index in [0.29, 0.717) is 43.5 Å². The van der Waals surface area contributed by atoms with Crippen LogP contribution in [0.2, 0.25) is 0 Å². The molecule has 0 bridgehead atoms. The Morgan fingerprint density at radius 1 is 1.14 bits per heavy atom. The van der Waals surface area contributed by atoms with Crippen molar-refractivity contribution in [3.63, 3.8) is 0 Å². The van der Waals surface area contributed by atoms with Crippen LogP contribution in [0.15, 0.2) is 34.6 Å². The Balaban J connectivity index is 1.52. The standard InChI is InChI=1S/C29H35F3N6O3S/c1-17-12-38(13-18(2)36(17)4)25-11-23(30)21(29-33-19(16-42-29)14-37-5-7-41-8-6-37)9-24(25)34-28(40)22-15-35(3)26(39)10-20(22)27(31)32/h9-11,15-18,27H,5-8,12-14H2,1-4H3,(H,34,40)/t17-,18+. The topological polar surface area (TPSA) is 82.9 Å². The minimum absolute atomic E-state index is 0.149. The average molecular weight is 605 g/mol. The monoisotopic (exact) mass is 604 g/mol. The molecule has 4 heterocycles. The van der Waals surface area contributed by atoms with E-state index in [0.717, 1.165) is 35.6 Å². The van der Waals surface area contributed by atoms with Gasteiger partial charge in [0, 0.05) is 86.7 Å². The molecule has 9 nitrogen and oxygen atoms in total. The summed E-state index contributed by atoms with van der Waals surface area (Å²) in [4.78, 5) is 36.6. The first-order valence-corrected chi connectivity index (χ1v) is 14.7. The number of carbonyl (C=O) groups excluding carboxylic acids is 1. The van der Waals surface area contributed by atoms with Crippen LogP contribution in [-0.2, 0) is 18.3 Å². The van der Waals surface area contributed by atoms with Crippen molar-refractivity contribution in [2.24, 2.45) is 7.05 Å². The lowest BCUT2D eigenvalue weighted by molar-refractivity contribution is 0.0337. The third kappa shape index (κ3) is 6.38. The lowest BCUT2D eigenvalue weighted by Crippen LogP contribution is -2.55. The van der Waals surface area contributed by atoms with Crippen molar-refractivity contribution in [3.8, 4) is 10.6 Å². The Labute approximate surface area is 246 Å². The number of benzene rings is 1. The summed E-state index contributed by atoms with van der Waals surface area (Å²) in [7, 11) is 3.42. The van der Waals surface area contributed by atoms with Gasteiger partial charge < -0.3 is 19.5 Å². The minimum atomic E-state index is -3.03. The number of thiazole rings is 1. The number of amides is 1. The number of nitrogens with one attached hydrogen (secondary N) is 1. The first kappa shape index (κ1) is 30.2. The fourth-order valence-corrected chi connectivity index (χ4v) is 6.21. The number of morpholine rings is 1. The molecule has 1 aromatic carbocycles. The zero-order valence-corrected chi connectivity index (χ0v) is 24.9. The zero-order valence-electron chi connectivity index (χ0n) is 24.1. The number of alkyl halides is 2. The summed E-state index contributed by atoms with van der Waals surface area (Å²) in [6.07, 6.45) is -1.93. The van der Waals surface area contributed by atoms with Crippen LogP contribution in [0.25, 0.3) is 10.6 Å². The van der Waals surface area contributed by atoms with E-state index in [2.05, 4.69) is 33.9 Å². The van der Waals surface area contributed by atoms with Crippen LogP contribution >= 0.6 is 11.3 Å². The number of hydrogen-bond acceptors (Lipinski definition) is 8. The van der Waals surface area contributed by atoms with Gasteiger partial charge in [-0.3, -0.25) is 19.4 Å². The second kappa shape index (κ2) is 12.5. The summed E-state index contributed by atoms with van der Waals surface area (Å²) < 4.78 is 49.9. The van der Waals surface area contributed by atoms with Gasteiger partial charge in [0.2, 0.25) is 0 Å². The second-order valence-electron chi connectivity index (χ2n) is 11.0. The molecule has 0 saturated carbocycles. The number of ether oxygens (including phenoxy) is 1. The molecule has 3 aromatic rings. The highest BCUT2D eigenvalue weighted by molar-refractivity contribution is 7.13. The highest BCUT2D eigenvalue weighted by Crippen LogP contribution is 2.37. The molecule has 13 heteroatoms. The van der Waals surface area contributed by atoms with Gasteiger partial charge in [0.15, 0.2) is 0 Å². The number of rotatable bonds is 7. The van der Waals surface area contributed by atoms with E-state index in [4.69, 9.17) is 4.74 Å². The van der Waals surface area contributed by atoms with E-state index < -0.39 is 29.3 Å². The number of hydrogen-bond donors (Lipinski definition) is 1. The Morgan fingerprint density at radius 3 is 2.50 bits per heavy atom. The quantitative estimate of drug-likeness (QED) is 0.433. The van der Waals surface area contributed by atoms with Crippen molar-refractivity contribution in [3.05, 3.63) is 62.8 Å². The highest BCUT2D eigenvalue weighted by atomic mass is 32.1. The lowest BCUT2D eigenvalue weighted by atomic mass is 10.1. The average Bonchev–Trinajstić information content (AvgIpc) is 3.41. The van der Waals surface area contributed by atoms with Gasteiger partial charge in [-0.05, 0) is 27.0 Å². The van der Waals surface area contributed by atoms with E-state index in [9.17, 15) is 18.4 Å². The SMILES string of the molecule is C[C@@H]1CN(c2cc(F)c(-c3nc(CN4CCOCC4)cs3)cc2NC(=O)c2cn(C)c(=O)cc2C(F)F)C[C@H](C)N1C. The van der Waals surface area contributed by atoms with Gasteiger partial charge in [0.25, 0.3) is 17.9 Å². The van der Waals surface area contributed by atoms with Crippen molar-refractivity contribution in [2.45, 2.75) is 38.9 Å². The fraction of sp³-hybridized carbons (Fsp3) is 0.483. The molecule has 0 aliphatic carbocycles. The molecular weight excluding hydrogens is 569 g/mol. The molecule has 2 atom stereocenters. The maximum absolute atomic E-state index is 15.8. The van der Waals surface area contributed by atoms with Gasteiger partial charge >= 0.3 is 0 Å². The van der Waals surface area contributed by atoms with Gasteiger partial charge in [-0.2, -0.15) is 0 Å². The molecular formula is C29H35F3N6O3S. The number of aryl methyl sites for hydroxylation is 1. The number of carbonyl (C=O) groups is 1. The Kier molecular flexibility index (Phi) is 9.02. The van der Waals surface area contributed by atoms with E-state index in [1.54, 1.807) is 0 Å². The molecule has 0 unspecified atom stereocenters. The Bertz CT molecular complexity index is 1490. The summed E-state index contributed by atoms with van der Waals surface area (Å²) in [5.74, 6) is -1.31. The summed E-state index contributed by atoms with van der Waals surface area (Å²) >= 11 is 1.30. The summed E-state index contributed by atoms with van der Waals surface area (Å²) in [6.45, 7) is 8.79. The third-order valence-electron chi connectivity index (χ3n) is 8.05. The van der Waals surface area contributed by atoms with Crippen LogP contribution in [0.3, 0.4) is 0 Å². The van der Waals surface area contributed by atoms with Crippen LogP contribution in [0.4, 0.5) is 24.5 Å². The molecule has 0 radical (unpaired) electrons. The van der Waals surface area contributed by atoms with Gasteiger partial charge in [0.05, 0.1) is 35.8 Å². The largest absolute Gasteiger partial charge is 0.379 e. The van der Waals surface area contributed by atoms with Crippen molar-refractivity contribution in [2.75, 3.05) is 56.7 Å². The highest BCUT2D eigenvalue weighted by Gasteiger charge is 2.30. The zero-order chi connectivity index (χ0) is 30.1. The summed E-state index contributed by atoms with van der Waals surface area (Å²) in [5, 5.41) is 5.10. The Hall–Kier alpha value is -3.26. The first-order valence-electron chi connectivity index (χ1n) is 13.9. The number of anilines is 2. The molecule has 2 fully saturated rings. The normalized spacial score (nSPS) is 20.3. The van der Waals surface area contributed by atoms with E-state index in [-0.39, 0.29) is 28.9 Å². The fourth-order valence-electron chi connectivity index (χ4n) is 5.39. The van der Waals surface area contributed by atoms with Crippen LogP contribution in [0.5, 0.6) is 0 Å². The lowest BCUT2D eigenvalue weighted by Gasteiger charge is -2.44. The Morgan fingerprint density at radius 2 is 1.83 bits per heavy atom. The van der Waals surface area contributed by atoms with Crippen LogP contribution in [-0.4, -0.2) is 83.8 Å². The minimum Gasteiger partial charge on any atom is -0.379 e. The maximum Gasteiger partial charge on any atom is 0.264 e. The number of aromatic nitrogens is 2. The molecule has 1 N–H and O–H groups in total. The van der Waals surface area contributed by atoms with E-state index in [1.807, 2.05) is 17.3 Å². The van der Waals surface area contributed by atoms with Gasteiger partial charge in [-0.25, -0.2) is 18.2 Å². The predicted octanol–water partition coefficient (Wildman–Crippen LogP) is 4.20. The van der Waals surface area contributed by atoms with Crippen molar-refractivity contribution in [1.82, 2.24) is 19.4 Å². The molecule has 42 heavy (non-hydrogen) atoms. The molecule has 226 valence electrons. The molecule has 1 amide bonds. The van der Waals surface area contributed by atoms with Crippen molar-refractivity contribution in [1.29, 1.82) is 0 Å². The van der Waals surface area contributed by atoms with E-state index >= 15 is 4.39 Å². The van der Waals surface area contributed by atoms with Gasteiger partial charge in [-0.1, -0.05) is 0 Å². The first-order chi connectivity index (χ1) is 20.0. The number of nitrogens with zero attached hydrogens (tertiary/aromatic N) is 5. The van der Waals surface area contributed by atoms with Gasteiger partial charge in [-0.15, -0.1) is 11.3 Å². The van der Waals surface area contributed by atoms with Crippen LogP contribution in [0, 0.1) is 5.82 Å². The smallest absolute Gasteiger partial charge is 0.264 e. The predicted molar refractivity (Wildman–Crippen MR) is 157 cm³/mol. The molecule has 2 aliphatic rings. The third-order valence-corrected chi connectivity index (χ3v) is 8.97.